The fourth-order valence-electron chi connectivity index (χ4n) is 3.44. The molecule has 0 spiro atoms. The molecule has 2 aliphatic rings. The van der Waals surface area contributed by atoms with Crippen LogP contribution in [-0.2, 0) is 16.1 Å². The van der Waals surface area contributed by atoms with E-state index >= 15 is 0 Å². The molecular formula is C15H19NO2. The quantitative estimate of drug-likeness (QED) is 0.764. The molecule has 96 valence electrons. The van der Waals surface area contributed by atoms with Gasteiger partial charge in [0.25, 0.3) is 0 Å². The molecule has 3 rings (SSSR count). The van der Waals surface area contributed by atoms with Crippen LogP contribution in [0, 0.1) is 11.3 Å². The Kier molecular flexibility index (Phi) is 2.86. The SMILES string of the molecule is COC(=O)[C@]12CC[C@H]1CN(Cc1ccccc1)C2. The second-order valence-electron chi connectivity index (χ2n) is 5.54. The second-order valence-corrected chi connectivity index (χ2v) is 5.54. The van der Waals surface area contributed by atoms with E-state index in [9.17, 15) is 4.79 Å². The molecule has 1 heterocycles. The van der Waals surface area contributed by atoms with Crippen LogP contribution in [0.1, 0.15) is 18.4 Å². The standard InChI is InChI=1S/C15H19NO2/c1-18-14(17)15-8-7-13(15)10-16(11-15)9-12-5-3-2-4-6-12/h2-6,13H,7-11H2,1H3/t13-,15-/m0/s1. The average Bonchev–Trinajstić information content (AvgIpc) is 2.63. The lowest BCUT2D eigenvalue weighted by atomic mass is 9.62. The number of likely N-dealkylation sites (tertiary alicyclic amines) is 1. The lowest BCUT2D eigenvalue weighted by molar-refractivity contribution is -0.160. The Balaban J connectivity index is 1.70. The fraction of sp³-hybridized carbons (Fsp3) is 0.533. The van der Waals surface area contributed by atoms with Gasteiger partial charge < -0.3 is 4.74 Å². The average molecular weight is 245 g/mol. The normalized spacial score (nSPS) is 30.6. The topological polar surface area (TPSA) is 29.5 Å². The lowest BCUT2D eigenvalue weighted by Crippen LogP contribution is -2.47. The van der Waals surface area contributed by atoms with E-state index in [4.69, 9.17) is 4.74 Å². The third-order valence-corrected chi connectivity index (χ3v) is 4.55. The third-order valence-electron chi connectivity index (χ3n) is 4.55. The number of esters is 1. The van der Waals surface area contributed by atoms with E-state index in [2.05, 4.69) is 29.2 Å². The van der Waals surface area contributed by atoms with Crippen molar-refractivity contribution in [3.63, 3.8) is 0 Å². The summed E-state index contributed by atoms with van der Waals surface area (Å²) in [5.74, 6) is 0.503. The number of fused-ring (bicyclic) bond motifs is 1. The van der Waals surface area contributed by atoms with Gasteiger partial charge in [-0.15, -0.1) is 0 Å². The Morgan fingerprint density at radius 3 is 2.83 bits per heavy atom. The highest BCUT2D eigenvalue weighted by Gasteiger charge is 2.58. The van der Waals surface area contributed by atoms with E-state index in [0.29, 0.717) is 5.92 Å². The number of methoxy groups -OCH3 is 1. The van der Waals surface area contributed by atoms with Gasteiger partial charge in [-0.1, -0.05) is 30.3 Å². The maximum absolute atomic E-state index is 11.9. The van der Waals surface area contributed by atoms with Gasteiger partial charge in [0.1, 0.15) is 0 Å². The number of carbonyl (C=O) groups is 1. The van der Waals surface area contributed by atoms with Gasteiger partial charge in [-0.3, -0.25) is 9.69 Å². The van der Waals surface area contributed by atoms with E-state index in [1.54, 1.807) is 0 Å². The first-order valence-corrected chi connectivity index (χ1v) is 6.59. The minimum atomic E-state index is -0.191. The van der Waals surface area contributed by atoms with Crippen LogP contribution in [0.25, 0.3) is 0 Å². The summed E-state index contributed by atoms with van der Waals surface area (Å²) in [5, 5.41) is 0. The van der Waals surface area contributed by atoms with Gasteiger partial charge in [0.15, 0.2) is 0 Å². The summed E-state index contributed by atoms with van der Waals surface area (Å²) in [5.41, 5.74) is 1.13. The zero-order chi connectivity index (χ0) is 12.6. The highest BCUT2D eigenvalue weighted by molar-refractivity contribution is 5.79. The van der Waals surface area contributed by atoms with E-state index in [1.807, 2.05) is 6.07 Å². The molecule has 0 bridgehead atoms. The molecule has 1 aliphatic carbocycles. The van der Waals surface area contributed by atoms with E-state index in [1.165, 1.54) is 19.1 Å². The summed E-state index contributed by atoms with van der Waals surface area (Å²) in [6.45, 7) is 2.83. The predicted molar refractivity (Wildman–Crippen MR) is 68.9 cm³/mol. The van der Waals surface area contributed by atoms with Crippen LogP contribution >= 0.6 is 0 Å². The molecule has 18 heavy (non-hydrogen) atoms. The van der Waals surface area contributed by atoms with Gasteiger partial charge in [-0.2, -0.15) is 0 Å². The summed E-state index contributed by atoms with van der Waals surface area (Å²) in [6, 6.07) is 10.5. The Bertz CT molecular complexity index is 445. The minimum absolute atomic E-state index is 0.00527. The number of benzene rings is 1. The van der Waals surface area contributed by atoms with Gasteiger partial charge in [-0.25, -0.2) is 0 Å². The number of carbonyl (C=O) groups excluding carboxylic acids is 1. The summed E-state index contributed by atoms with van der Waals surface area (Å²) in [7, 11) is 1.51. The Labute approximate surface area is 108 Å². The van der Waals surface area contributed by atoms with Crippen LogP contribution in [0.5, 0.6) is 0 Å². The van der Waals surface area contributed by atoms with Crippen LogP contribution < -0.4 is 0 Å². The van der Waals surface area contributed by atoms with Gasteiger partial charge in [-0.05, 0) is 24.3 Å². The number of rotatable bonds is 3. The predicted octanol–water partition coefficient (Wildman–Crippen LogP) is 2.07. The van der Waals surface area contributed by atoms with Gasteiger partial charge in [0, 0.05) is 19.6 Å². The monoisotopic (exact) mass is 245 g/mol. The number of hydrogen-bond acceptors (Lipinski definition) is 3. The Morgan fingerprint density at radius 2 is 2.22 bits per heavy atom. The summed E-state index contributed by atoms with van der Waals surface area (Å²) < 4.78 is 4.99. The third kappa shape index (κ3) is 1.74. The highest BCUT2D eigenvalue weighted by Crippen LogP contribution is 2.52. The van der Waals surface area contributed by atoms with Crippen LogP contribution in [0.2, 0.25) is 0 Å². The molecule has 0 radical (unpaired) electrons. The van der Waals surface area contributed by atoms with Crippen molar-refractivity contribution in [2.24, 2.45) is 11.3 Å². The van der Waals surface area contributed by atoms with Crippen molar-refractivity contribution >= 4 is 5.97 Å². The smallest absolute Gasteiger partial charge is 0.313 e. The number of ether oxygens (including phenoxy) is 1. The summed E-state index contributed by atoms with van der Waals surface area (Å²) in [4.78, 5) is 14.3. The van der Waals surface area contributed by atoms with Gasteiger partial charge >= 0.3 is 5.97 Å². The summed E-state index contributed by atoms with van der Waals surface area (Å²) in [6.07, 6.45) is 2.16. The zero-order valence-electron chi connectivity index (χ0n) is 10.8. The van der Waals surface area contributed by atoms with Crippen molar-refractivity contribution < 1.29 is 9.53 Å². The van der Waals surface area contributed by atoms with Crippen molar-refractivity contribution in [1.29, 1.82) is 0 Å². The molecule has 2 fully saturated rings. The first-order valence-electron chi connectivity index (χ1n) is 6.59. The summed E-state index contributed by atoms with van der Waals surface area (Å²) >= 11 is 0. The first-order chi connectivity index (χ1) is 8.74. The van der Waals surface area contributed by atoms with Crippen molar-refractivity contribution in [3.8, 4) is 0 Å². The van der Waals surface area contributed by atoms with E-state index in [0.717, 1.165) is 26.1 Å². The molecule has 3 heteroatoms. The molecule has 1 aliphatic heterocycles. The fourth-order valence-corrected chi connectivity index (χ4v) is 3.44. The molecule has 0 amide bonds. The minimum Gasteiger partial charge on any atom is -0.469 e. The van der Waals surface area contributed by atoms with Gasteiger partial charge in [0.2, 0.25) is 0 Å². The maximum atomic E-state index is 11.9. The molecule has 0 aromatic heterocycles. The van der Waals surface area contributed by atoms with Crippen molar-refractivity contribution in [1.82, 2.24) is 4.90 Å². The van der Waals surface area contributed by atoms with Crippen molar-refractivity contribution in [2.75, 3.05) is 20.2 Å². The number of nitrogens with zero attached hydrogens (tertiary/aromatic N) is 1. The molecule has 2 atom stereocenters. The van der Waals surface area contributed by atoms with E-state index in [-0.39, 0.29) is 11.4 Å². The first kappa shape index (κ1) is 11.7. The molecular weight excluding hydrogens is 226 g/mol. The van der Waals surface area contributed by atoms with Crippen molar-refractivity contribution in [3.05, 3.63) is 35.9 Å². The molecule has 1 saturated carbocycles. The largest absolute Gasteiger partial charge is 0.469 e. The molecule has 1 saturated heterocycles. The molecule has 0 unspecified atom stereocenters. The van der Waals surface area contributed by atoms with Crippen LogP contribution in [0.3, 0.4) is 0 Å². The molecule has 3 nitrogen and oxygen atoms in total. The molecule has 1 aromatic carbocycles. The van der Waals surface area contributed by atoms with Gasteiger partial charge in [0.05, 0.1) is 12.5 Å². The highest BCUT2D eigenvalue weighted by atomic mass is 16.5. The van der Waals surface area contributed by atoms with Crippen LogP contribution in [0.15, 0.2) is 30.3 Å². The molecule has 1 aromatic rings. The number of hydrogen-bond donors (Lipinski definition) is 0. The van der Waals surface area contributed by atoms with Crippen LogP contribution in [-0.4, -0.2) is 31.1 Å². The molecule has 0 N–H and O–H groups in total. The zero-order valence-corrected chi connectivity index (χ0v) is 10.8. The second kappa shape index (κ2) is 4.39. The maximum Gasteiger partial charge on any atom is 0.313 e. The van der Waals surface area contributed by atoms with Crippen LogP contribution in [0.4, 0.5) is 0 Å². The van der Waals surface area contributed by atoms with E-state index < -0.39 is 0 Å². The Hall–Kier alpha value is -1.35. The Morgan fingerprint density at radius 1 is 1.44 bits per heavy atom. The van der Waals surface area contributed by atoms with Crippen molar-refractivity contribution in [2.45, 2.75) is 19.4 Å². The lowest BCUT2D eigenvalue weighted by Gasteiger charge is -2.40.